The third-order valence-electron chi connectivity index (χ3n) is 3.80. The molecule has 0 saturated carbocycles. The molecule has 2 aromatic carbocycles. The van der Waals surface area contributed by atoms with Crippen LogP contribution in [0.2, 0.25) is 0 Å². The van der Waals surface area contributed by atoms with E-state index in [1.165, 1.54) is 5.56 Å². The Morgan fingerprint density at radius 2 is 1.95 bits per heavy atom. The molecule has 3 heteroatoms. The van der Waals surface area contributed by atoms with E-state index in [-0.39, 0.29) is 5.78 Å². The first kappa shape index (κ1) is 14.1. The van der Waals surface area contributed by atoms with Gasteiger partial charge in [-0.1, -0.05) is 45.8 Å². The molecule has 3 aromatic rings. The second-order valence-electron chi connectivity index (χ2n) is 5.42. The minimum atomic E-state index is 0.150. The molecule has 0 radical (unpaired) electrons. The van der Waals surface area contributed by atoms with Gasteiger partial charge in [0.25, 0.3) is 0 Å². The van der Waals surface area contributed by atoms with Crippen LogP contribution in [0.5, 0.6) is 0 Å². The van der Waals surface area contributed by atoms with Gasteiger partial charge in [0.05, 0.1) is 0 Å². The number of nitrogens with one attached hydrogen (secondary N) is 1. The Hall–Kier alpha value is -1.87. The molecule has 0 unspecified atom stereocenters. The van der Waals surface area contributed by atoms with E-state index >= 15 is 0 Å². The van der Waals surface area contributed by atoms with Crippen LogP contribution in [-0.4, -0.2) is 10.8 Å². The smallest absolute Gasteiger partial charge is 0.169 e. The van der Waals surface area contributed by atoms with Gasteiger partial charge in [0, 0.05) is 33.6 Å². The van der Waals surface area contributed by atoms with Crippen LogP contribution in [-0.2, 0) is 6.42 Å². The van der Waals surface area contributed by atoms with Crippen molar-refractivity contribution in [2.24, 2.45) is 0 Å². The number of Topliss-reactive ketones (excluding diaryl/α,β-unsaturated/α-hetero) is 1. The average Bonchev–Trinajstić information content (AvgIpc) is 2.85. The molecule has 0 aliphatic heterocycles. The van der Waals surface area contributed by atoms with E-state index < -0.39 is 0 Å². The number of benzene rings is 2. The molecule has 0 spiro atoms. The van der Waals surface area contributed by atoms with Crippen molar-refractivity contribution in [1.82, 2.24) is 4.98 Å². The number of fused-ring (bicyclic) bond motifs is 1. The van der Waals surface area contributed by atoms with Crippen molar-refractivity contribution >= 4 is 32.6 Å². The van der Waals surface area contributed by atoms with Gasteiger partial charge in [0.1, 0.15) is 0 Å². The summed E-state index contributed by atoms with van der Waals surface area (Å²) in [5, 5.41) is 0.980. The number of hydrogen-bond acceptors (Lipinski definition) is 1. The Morgan fingerprint density at radius 3 is 2.76 bits per heavy atom. The van der Waals surface area contributed by atoms with Gasteiger partial charge in [0.2, 0.25) is 0 Å². The maximum Gasteiger partial charge on any atom is 0.169 e. The second kappa shape index (κ2) is 5.49. The van der Waals surface area contributed by atoms with Crippen LogP contribution in [0, 0.1) is 13.8 Å². The molecule has 0 amide bonds. The number of halogens is 1. The third kappa shape index (κ3) is 2.79. The van der Waals surface area contributed by atoms with Crippen molar-refractivity contribution < 1.29 is 4.79 Å². The first-order chi connectivity index (χ1) is 10.0. The molecule has 0 bridgehead atoms. The normalized spacial score (nSPS) is 11.0. The minimum Gasteiger partial charge on any atom is -0.360 e. The molecule has 106 valence electrons. The van der Waals surface area contributed by atoms with Crippen LogP contribution >= 0.6 is 15.9 Å². The number of rotatable bonds is 3. The third-order valence-corrected chi connectivity index (χ3v) is 4.29. The number of hydrogen-bond donors (Lipinski definition) is 1. The number of carbonyl (C=O) groups is 1. The van der Waals surface area contributed by atoms with E-state index in [1.807, 2.05) is 31.3 Å². The van der Waals surface area contributed by atoms with E-state index in [0.29, 0.717) is 6.42 Å². The highest BCUT2D eigenvalue weighted by atomic mass is 79.9. The summed E-state index contributed by atoms with van der Waals surface area (Å²) >= 11 is 3.45. The van der Waals surface area contributed by atoms with E-state index in [9.17, 15) is 4.79 Å². The van der Waals surface area contributed by atoms with Crippen LogP contribution in [0.15, 0.2) is 47.1 Å². The quantitative estimate of drug-likeness (QED) is 0.670. The molecule has 3 rings (SSSR count). The summed E-state index contributed by atoms with van der Waals surface area (Å²) in [6.45, 7) is 4.10. The molecule has 21 heavy (non-hydrogen) atoms. The van der Waals surface area contributed by atoms with Crippen LogP contribution in [0.3, 0.4) is 0 Å². The number of carbonyl (C=O) groups excluding carboxylic acids is 1. The predicted octanol–water partition coefficient (Wildman–Crippen LogP) is 4.97. The summed E-state index contributed by atoms with van der Waals surface area (Å²) in [5.41, 5.74) is 5.20. The maximum atomic E-state index is 12.6. The summed E-state index contributed by atoms with van der Waals surface area (Å²) in [6.07, 6.45) is 2.25. The zero-order chi connectivity index (χ0) is 15.0. The average molecular weight is 342 g/mol. The van der Waals surface area contributed by atoms with Gasteiger partial charge in [-0.05, 0) is 37.1 Å². The van der Waals surface area contributed by atoms with Crippen molar-refractivity contribution in [3.63, 3.8) is 0 Å². The molecule has 2 nitrogen and oxygen atoms in total. The van der Waals surface area contributed by atoms with E-state index in [1.54, 1.807) is 0 Å². The fourth-order valence-electron chi connectivity index (χ4n) is 2.59. The van der Waals surface area contributed by atoms with Crippen LogP contribution in [0.25, 0.3) is 10.9 Å². The summed E-state index contributed by atoms with van der Waals surface area (Å²) < 4.78 is 1.00. The van der Waals surface area contributed by atoms with Crippen molar-refractivity contribution in [3.05, 3.63) is 69.3 Å². The first-order valence-electron chi connectivity index (χ1n) is 6.90. The Balaban J connectivity index is 1.95. The van der Waals surface area contributed by atoms with Gasteiger partial charge in [-0.3, -0.25) is 4.79 Å². The van der Waals surface area contributed by atoms with Crippen molar-refractivity contribution in [3.8, 4) is 0 Å². The Bertz CT molecular complexity index is 832. The molecule has 0 fully saturated rings. The Morgan fingerprint density at radius 1 is 1.14 bits per heavy atom. The lowest BCUT2D eigenvalue weighted by atomic mass is 9.97. The summed E-state index contributed by atoms with van der Waals surface area (Å²) in [4.78, 5) is 15.8. The van der Waals surface area contributed by atoms with Crippen molar-refractivity contribution in [2.45, 2.75) is 20.3 Å². The Kier molecular flexibility index (Phi) is 3.68. The highest BCUT2D eigenvalue weighted by molar-refractivity contribution is 9.10. The molecule has 0 aliphatic carbocycles. The van der Waals surface area contributed by atoms with E-state index in [4.69, 9.17) is 0 Å². The standard InChI is InChI=1S/C18H16BrNO/c1-11-3-4-12(2)13(7-11)8-18(21)16-10-20-17-9-14(19)5-6-15(16)17/h3-7,9-10,20H,8H2,1-2H3. The van der Waals surface area contributed by atoms with Crippen LogP contribution in [0.4, 0.5) is 0 Å². The van der Waals surface area contributed by atoms with E-state index in [0.717, 1.165) is 32.1 Å². The molecule has 1 N–H and O–H groups in total. The van der Waals surface area contributed by atoms with Crippen LogP contribution < -0.4 is 0 Å². The van der Waals surface area contributed by atoms with Gasteiger partial charge in [-0.2, -0.15) is 0 Å². The lowest BCUT2D eigenvalue weighted by Gasteiger charge is -2.06. The number of aromatic amines is 1. The zero-order valence-corrected chi connectivity index (χ0v) is 13.6. The van der Waals surface area contributed by atoms with Gasteiger partial charge in [0.15, 0.2) is 5.78 Å². The predicted molar refractivity (Wildman–Crippen MR) is 89.9 cm³/mol. The number of aryl methyl sites for hydroxylation is 2. The first-order valence-corrected chi connectivity index (χ1v) is 7.70. The van der Waals surface area contributed by atoms with Crippen LogP contribution in [0.1, 0.15) is 27.0 Å². The molecule has 0 aliphatic rings. The van der Waals surface area contributed by atoms with E-state index in [2.05, 4.69) is 46.0 Å². The molecule has 0 saturated heterocycles. The second-order valence-corrected chi connectivity index (χ2v) is 6.34. The summed E-state index contributed by atoms with van der Waals surface area (Å²) in [7, 11) is 0. The summed E-state index contributed by atoms with van der Waals surface area (Å²) in [5.74, 6) is 0.150. The van der Waals surface area contributed by atoms with Crippen molar-refractivity contribution in [1.29, 1.82) is 0 Å². The maximum absolute atomic E-state index is 12.6. The largest absolute Gasteiger partial charge is 0.360 e. The van der Waals surface area contributed by atoms with Gasteiger partial charge < -0.3 is 4.98 Å². The lowest BCUT2D eigenvalue weighted by molar-refractivity contribution is 0.0994. The lowest BCUT2D eigenvalue weighted by Crippen LogP contribution is -2.04. The van der Waals surface area contributed by atoms with Crippen molar-refractivity contribution in [2.75, 3.05) is 0 Å². The topological polar surface area (TPSA) is 32.9 Å². The van der Waals surface area contributed by atoms with Gasteiger partial charge in [-0.15, -0.1) is 0 Å². The van der Waals surface area contributed by atoms with Gasteiger partial charge >= 0.3 is 0 Å². The number of H-pyrrole nitrogens is 1. The molecular formula is C18H16BrNO. The molecule has 1 aromatic heterocycles. The minimum absolute atomic E-state index is 0.150. The SMILES string of the molecule is Cc1ccc(C)c(CC(=O)c2c[nH]c3cc(Br)ccc23)c1. The fourth-order valence-corrected chi connectivity index (χ4v) is 2.95. The molecule has 1 heterocycles. The molecular weight excluding hydrogens is 326 g/mol. The Labute approximate surface area is 132 Å². The number of aromatic nitrogens is 1. The molecule has 0 atom stereocenters. The monoisotopic (exact) mass is 341 g/mol. The zero-order valence-electron chi connectivity index (χ0n) is 12.0. The summed E-state index contributed by atoms with van der Waals surface area (Å²) in [6, 6.07) is 12.2. The number of ketones is 1. The highest BCUT2D eigenvalue weighted by Crippen LogP contribution is 2.24. The fraction of sp³-hybridized carbons (Fsp3) is 0.167. The van der Waals surface area contributed by atoms with Gasteiger partial charge in [-0.25, -0.2) is 0 Å². The highest BCUT2D eigenvalue weighted by Gasteiger charge is 2.14.